The number of amides is 1. The van der Waals surface area contributed by atoms with Crippen LogP contribution in [0.15, 0.2) is 0 Å². The fourth-order valence-electron chi connectivity index (χ4n) is 2.73. The van der Waals surface area contributed by atoms with Gasteiger partial charge >= 0.3 is 5.97 Å². The molecule has 0 aromatic carbocycles. The zero-order valence-electron chi connectivity index (χ0n) is 12.8. The van der Waals surface area contributed by atoms with E-state index in [0.717, 1.165) is 12.8 Å². The van der Waals surface area contributed by atoms with Crippen LogP contribution in [-0.2, 0) is 24.3 Å². The molecule has 0 radical (unpaired) electrons. The van der Waals surface area contributed by atoms with Gasteiger partial charge in [-0.3, -0.25) is 9.59 Å². The molecule has 0 bridgehead atoms. The van der Waals surface area contributed by atoms with Gasteiger partial charge in [0.25, 0.3) is 0 Å². The fourth-order valence-corrected chi connectivity index (χ4v) is 4.59. The number of esters is 1. The molecule has 0 aliphatic heterocycles. The number of hydrogen-bond acceptors (Lipinski definition) is 5. The highest BCUT2D eigenvalue weighted by atomic mass is 32.2. The molecule has 1 fully saturated rings. The largest absolute Gasteiger partial charge is 0.469 e. The molecule has 1 atom stereocenters. The number of ether oxygens (including phenoxy) is 1. The summed E-state index contributed by atoms with van der Waals surface area (Å²) in [7, 11) is -2.49. The van der Waals surface area contributed by atoms with Crippen LogP contribution in [0.3, 0.4) is 0 Å². The monoisotopic (exact) mass is 320 g/mol. The van der Waals surface area contributed by atoms with Crippen LogP contribution in [0.1, 0.15) is 39.5 Å². The minimum atomic E-state index is -3.75. The molecule has 1 rings (SSSR count). The van der Waals surface area contributed by atoms with E-state index < -0.39 is 27.4 Å². The molecule has 0 spiro atoms. The van der Waals surface area contributed by atoms with Crippen LogP contribution >= 0.6 is 0 Å². The molecule has 1 amide bonds. The van der Waals surface area contributed by atoms with Crippen LogP contribution in [0.25, 0.3) is 0 Å². The smallest absolute Gasteiger partial charge is 0.312 e. The molecule has 1 aliphatic rings. The Morgan fingerprint density at radius 1 is 1.29 bits per heavy atom. The van der Waals surface area contributed by atoms with Gasteiger partial charge in [0, 0.05) is 6.54 Å². The van der Waals surface area contributed by atoms with Gasteiger partial charge in [-0.25, -0.2) is 13.1 Å². The van der Waals surface area contributed by atoms with Crippen LogP contribution in [0, 0.1) is 5.41 Å². The SMILES string of the molecule is CCNC(=O)C(C)NS(=O)(=O)CC1(C(=O)OC)CCCC1. The van der Waals surface area contributed by atoms with Crippen LogP contribution < -0.4 is 10.0 Å². The van der Waals surface area contributed by atoms with Crippen molar-refractivity contribution in [1.29, 1.82) is 0 Å². The molecular weight excluding hydrogens is 296 g/mol. The Labute approximate surface area is 125 Å². The average molecular weight is 320 g/mol. The van der Waals surface area contributed by atoms with E-state index in [1.165, 1.54) is 14.0 Å². The first-order valence-electron chi connectivity index (χ1n) is 7.12. The molecular formula is C13H24N2O5S. The molecule has 1 aliphatic carbocycles. The number of rotatable bonds is 7. The highest BCUT2D eigenvalue weighted by molar-refractivity contribution is 7.89. The van der Waals surface area contributed by atoms with E-state index in [-0.39, 0.29) is 11.7 Å². The summed E-state index contributed by atoms with van der Waals surface area (Å²) in [6, 6.07) is -0.869. The molecule has 0 aromatic heterocycles. The highest BCUT2D eigenvalue weighted by Gasteiger charge is 2.46. The van der Waals surface area contributed by atoms with Gasteiger partial charge in [-0.2, -0.15) is 0 Å². The number of methoxy groups -OCH3 is 1. The maximum atomic E-state index is 12.2. The third-order valence-corrected chi connectivity index (χ3v) is 5.39. The second-order valence-corrected chi connectivity index (χ2v) is 7.23. The Morgan fingerprint density at radius 3 is 2.33 bits per heavy atom. The number of carbonyl (C=O) groups is 2. The fraction of sp³-hybridized carbons (Fsp3) is 0.846. The first kappa shape index (κ1) is 17.9. The second kappa shape index (κ2) is 7.22. The van der Waals surface area contributed by atoms with Gasteiger partial charge in [0.15, 0.2) is 0 Å². The molecule has 21 heavy (non-hydrogen) atoms. The number of sulfonamides is 1. The summed E-state index contributed by atoms with van der Waals surface area (Å²) in [6.07, 6.45) is 2.60. The first-order chi connectivity index (χ1) is 9.76. The van der Waals surface area contributed by atoms with Crippen LogP contribution in [0.4, 0.5) is 0 Å². The minimum absolute atomic E-state index is 0.337. The Morgan fingerprint density at radius 2 is 1.86 bits per heavy atom. The highest BCUT2D eigenvalue weighted by Crippen LogP contribution is 2.40. The zero-order valence-corrected chi connectivity index (χ0v) is 13.6. The summed E-state index contributed by atoms with van der Waals surface area (Å²) >= 11 is 0. The van der Waals surface area contributed by atoms with E-state index in [1.54, 1.807) is 6.92 Å². The molecule has 1 saturated carbocycles. The Bertz CT molecular complexity index is 483. The molecule has 1 unspecified atom stereocenters. The van der Waals surface area contributed by atoms with Crippen molar-refractivity contribution in [2.45, 2.75) is 45.6 Å². The summed E-state index contributed by atoms with van der Waals surface area (Å²) in [4.78, 5) is 23.5. The van der Waals surface area contributed by atoms with Gasteiger partial charge in [-0.05, 0) is 26.7 Å². The van der Waals surface area contributed by atoms with Crippen molar-refractivity contribution >= 4 is 21.9 Å². The van der Waals surface area contributed by atoms with Crippen LogP contribution in [-0.4, -0.2) is 45.7 Å². The van der Waals surface area contributed by atoms with Gasteiger partial charge < -0.3 is 10.1 Å². The summed E-state index contributed by atoms with van der Waals surface area (Å²) in [6.45, 7) is 3.66. The maximum Gasteiger partial charge on any atom is 0.312 e. The molecule has 2 N–H and O–H groups in total. The van der Waals surface area contributed by atoms with E-state index >= 15 is 0 Å². The summed E-state index contributed by atoms with van der Waals surface area (Å²) < 4.78 is 31.6. The molecule has 122 valence electrons. The number of hydrogen-bond donors (Lipinski definition) is 2. The van der Waals surface area contributed by atoms with Gasteiger partial charge in [-0.1, -0.05) is 12.8 Å². The van der Waals surface area contributed by atoms with E-state index in [9.17, 15) is 18.0 Å². The van der Waals surface area contributed by atoms with Gasteiger partial charge in [0.1, 0.15) is 0 Å². The molecule has 0 aromatic rings. The van der Waals surface area contributed by atoms with Gasteiger partial charge in [0.2, 0.25) is 15.9 Å². The molecule has 0 heterocycles. The van der Waals surface area contributed by atoms with Crippen LogP contribution in [0.5, 0.6) is 0 Å². The standard InChI is InChI=1S/C13H24N2O5S/c1-4-14-11(16)10(2)15-21(18,19)9-13(12(17)20-3)7-5-6-8-13/h10,15H,4-9H2,1-3H3,(H,14,16). The average Bonchev–Trinajstić information content (AvgIpc) is 2.86. The lowest BCUT2D eigenvalue weighted by atomic mass is 9.89. The summed E-state index contributed by atoms with van der Waals surface area (Å²) in [5.74, 6) is -1.22. The maximum absolute atomic E-state index is 12.2. The topological polar surface area (TPSA) is 102 Å². The third kappa shape index (κ3) is 4.67. The summed E-state index contributed by atoms with van der Waals surface area (Å²) in [5, 5.41) is 2.55. The number of nitrogens with one attached hydrogen (secondary N) is 2. The normalized spacial score (nSPS) is 19.0. The van der Waals surface area contributed by atoms with Crippen LogP contribution in [0.2, 0.25) is 0 Å². The van der Waals surface area contributed by atoms with Crippen molar-refractivity contribution in [3.8, 4) is 0 Å². The van der Waals surface area contributed by atoms with Gasteiger partial charge in [-0.15, -0.1) is 0 Å². The lowest BCUT2D eigenvalue weighted by Crippen LogP contribution is -2.48. The third-order valence-electron chi connectivity index (χ3n) is 3.75. The van der Waals surface area contributed by atoms with Crippen molar-refractivity contribution < 1.29 is 22.7 Å². The molecule has 7 nitrogen and oxygen atoms in total. The van der Waals surface area contributed by atoms with E-state index in [1.807, 2.05) is 0 Å². The van der Waals surface area contributed by atoms with Crippen molar-refractivity contribution in [2.75, 3.05) is 19.4 Å². The zero-order chi connectivity index (χ0) is 16.1. The van der Waals surface area contributed by atoms with E-state index in [4.69, 9.17) is 4.74 Å². The Balaban J connectivity index is 2.78. The van der Waals surface area contributed by atoms with Gasteiger partial charge in [0.05, 0.1) is 24.3 Å². The Hall–Kier alpha value is -1.15. The van der Waals surface area contributed by atoms with Crippen molar-refractivity contribution in [3.05, 3.63) is 0 Å². The molecule has 8 heteroatoms. The van der Waals surface area contributed by atoms with E-state index in [2.05, 4.69) is 10.0 Å². The predicted molar refractivity (Wildman–Crippen MR) is 78.0 cm³/mol. The lowest BCUT2D eigenvalue weighted by Gasteiger charge is -2.26. The molecule has 0 saturated heterocycles. The number of carbonyl (C=O) groups excluding carboxylic acids is 2. The summed E-state index contributed by atoms with van der Waals surface area (Å²) in [5.41, 5.74) is -0.985. The first-order valence-corrected chi connectivity index (χ1v) is 8.78. The van der Waals surface area contributed by atoms with Crippen molar-refractivity contribution in [2.24, 2.45) is 5.41 Å². The Kier molecular flexibility index (Phi) is 6.15. The van der Waals surface area contributed by atoms with Crippen molar-refractivity contribution in [3.63, 3.8) is 0 Å². The van der Waals surface area contributed by atoms with E-state index in [0.29, 0.717) is 19.4 Å². The second-order valence-electron chi connectivity index (χ2n) is 5.47. The van der Waals surface area contributed by atoms with Crippen molar-refractivity contribution in [1.82, 2.24) is 10.0 Å². The lowest BCUT2D eigenvalue weighted by molar-refractivity contribution is -0.151. The quantitative estimate of drug-likeness (QED) is 0.651. The number of likely N-dealkylation sites (N-methyl/N-ethyl adjacent to an activating group) is 1. The predicted octanol–water partition coefficient (Wildman–Crippen LogP) is 0.164. The minimum Gasteiger partial charge on any atom is -0.469 e.